The Morgan fingerprint density at radius 1 is 1.14 bits per heavy atom. The lowest BCUT2D eigenvalue weighted by Crippen LogP contribution is -3.15. The summed E-state index contributed by atoms with van der Waals surface area (Å²) >= 11 is 5.85. The van der Waals surface area contributed by atoms with Crippen molar-refractivity contribution in [3.63, 3.8) is 0 Å². The van der Waals surface area contributed by atoms with Gasteiger partial charge in [0.15, 0.2) is 5.92 Å². The Hall–Kier alpha value is -2.78. The van der Waals surface area contributed by atoms with Crippen molar-refractivity contribution in [2.45, 2.75) is 0 Å². The van der Waals surface area contributed by atoms with Gasteiger partial charge in [0.25, 0.3) is 5.91 Å². The van der Waals surface area contributed by atoms with Crippen LogP contribution in [0.2, 0.25) is 5.02 Å². The molecule has 2 saturated heterocycles. The zero-order chi connectivity index (χ0) is 20.1. The normalized spacial score (nSPS) is 19.0. The summed E-state index contributed by atoms with van der Waals surface area (Å²) in [6.45, 7) is 4.08. The third kappa shape index (κ3) is 4.93. The molecule has 148 valence electrons. The van der Waals surface area contributed by atoms with Gasteiger partial charge in [0.2, 0.25) is 11.8 Å². The summed E-state index contributed by atoms with van der Waals surface area (Å²) in [6.07, 6.45) is 1.27. The topological polar surface area (TPSA) is 112 Å². The van der Waals surface area contributed by atoms with Crippen LogP contribution in [0.25, 0.3) is 0 Å². The van der Waals surface area contributed by atoms with Crippen LogP contribution < -0.4 is 15.5 Å². The van der Waals surface area contributed by atoms with Crippen LogP contribution in [0.15, 0.2) is 29.3 Å². The van der Waals surface area contributed by atoms with Crippen molar-refractivity contribution in [3.8, 4) is 0 Å². The van der Waals surface area contributed by atoms with Crippen molar-refractivity contribution < 1.29 is 24.1 Å². The van der Waals surface area contributed by atoms with Gasteiger partial charge >= 0.3 is 6.03 Å². The number of barbiturate groups is 1. The molecule has 0 saturated carbocycles. The molecule has 28 heavy (non-hydrogen) atoms. The zero-order valence-corrected chi connectivity index (χ0v) is 15.9. The Morgan fingerprint density at radius 2 is 1.75 bits per heavy atom. The second kappa shape index (κ2) is 8.94. The lowest BCUT2D eigenvalue weighted by atomic mass is 10.1. The Bertz CT molecular complexity index is 783. The highest BCUT2D eigenvalue weighted by atomic mass is 35.5. The highest BCUT2D eigenvalue weighted by Gasteiger charge is 2.32. The van der Waals surface area contributed by atoms with Gasteiger partial charge in [-0.15, -0.1) is 0 Å². The average Bonchev–Trinajstić information content (AvgIpc) is 2.67. The second-order valence-electron chi connectivity index (χ2n) is 6.64. The summed E-state index contributed by atoms with van der Waals surface area (Å²) in [5.74, 6) is -2.42. The van der Waals surface area contributed by atoms with E-state index in [-0.39, 0.29) is 5.91 Å². The van der Waals surface area contributed by atoms with Crippen LogP contribution in [-0.2, 0) is 9.59 Å². The second-order valence-corrected chi connectivity index (χ2v) is 7.08. The Kier molecular flexibility index (Phi) is 6.37. The van der Waals surface area contributed by atoms with Gasteiger partial charge < -0.3 is 9.80 Å². The number of urea groups is 1. The largest absolute Gasteiger partial charge is 0.330 e. The minimum atomic E-state index is -1.08. The molecule has 9 nitrogen and oxygen atoms in total. The predicted molar refractivity (Wildman–Crippen MR) is 101 cm³/mol. The molecule has 0 radical (unpaired) electrons. The molecule has 0 atom stereocenters. The molecule has 1 aromatic carbocycles. The van der Waals surface area contributed by atoms with E-state index >= 15 is 0 Å². The highest BCUT2D eigenvalue weighted by Crippen LogP contribution is 2.11. The maximum atomic E-state index is 12.5. The van der Waals surface area contributed by atoms with Gasteiger partial charge in [0, 0.05) is 16.8 Å². The van der Waals surface area contributed by atoms with Crippen molar-refractivity contribution in [1.82, 2.24) is 15.5 Å². The molecule has 0 aromatic heterocycles. The third-order valence-electron chi connectivity index (χ3n) is 4.74. The lowest BCUT2D eigenvalue weighted by molar-refractivity contribution is -0.902. The first-order valence-corrected chi connectivity index (χ1v) is 9.36. The summed E-state index contributed by atoms with van der Waals surface area (Å²) in [5, 5.41) is 4.66. The smallest absolute Gasteiger partial charge is 0.328 e. The van der Waals surface area contributed by atoms with E-state index in [0.717, 1.165) is 19.6 Å². The number of piperazine rings is 1. The Morgan fingerprint density at radius 3 is 2.36 bits per heavy atom. The lowest BCUT2D eigenvalue weighted by Gasteiger charge is -2.32. The summed E-state index contributed by atoms with van der Waals surface area (Å²) in [6, 6.07) is 6.05. The van der Waals surface area contributed by atoms with Crippen LogP contribution in [0, 0.1) is 5.92 Å². The number of aliphatic imine (C=N–C) groups is 1. The number of rotatable bonds is 5. The first-order valence-electron chi connectivity index (χ1n) is 8.98. The quantitative estimate of drug-likeness (QED) is 0.418. The van der Waals surface area contributed by atoms with Gasteiger partial charge in [-0.05, 0) is 24.3 Å². The molecule has 0 unspecified atom stereocenters. The molecule has 5 amide bonds. The van der Waals surface area contributed by atoms with Crippen molar-refractivity contribution in [3.05, 3.63) is 34.9 Å². The summed E-state index contributed by atoms with van der Waals surface area (Å²) < 4.78 is 0. The van der Waals surface area contributed by atoms with Gasteiger partial charge in [-0.1, -0.05) is 11.6 Å². The molecular weight excluding hydrogens is 386 g/mol. The molecule has 0 spiro atoms. The van der Waals surface area contributed by atoms with Gasteiger partial charge in [-0.3, -0.25) is 30.0 Å². The molecule has 3 rings (SSSR count). The van der Waals surface area contributed by atoms with Gasteiger partial charge in [-0.25, -0.2) is 4.79 Å². The van der Waals surface area contributed by atoms with E-state index in [1.165, 1.54) is 11.1 Å². The monoisotopic (exact) mass is 406 g/mol. The fourth-order valence-electron chi connectivity index (χ4n) is 3.12. The number of benzene rings is 1. The van der Waals surface area contributed by atoms with E-state index in [4.69, 9.17) is 11.6 Å². The fourth-order valence-corrected chi connectivity index (χ4v) is 3.24. The van der Waals surface area contributed by atoms with Crippen molar-refractivity contribution in [2.24, 2.45) is 10.9 Å². The molecule has 10 heteroatoms. The number of imide groups is 2. The fraction of sp³-hybridized carbons (Fsp3) is 0.389. The third-order valence-corrected chi connectivity index (χ3v) is 4.99. The van der Waals surface area contributed by atoms with Crippen LogP contribution in [-0.4, -0.2) is 74.1 Å². The van der Waals surface area contributed by atoms with Crippen LogP contribution in [0.5, 0.6) is 0 Å². The Balaban J connectivity index is 1.41. The molecule has 1 aromatic rings. The van der Waals surface area contributed by atoms with Crippen LogP contribution in [0.3, 0.4) is 0 Å². The number of carbonyl (C=O) groups is 4. The number of carbonyl (C=O) groups excluding carboxylic acids is 4. The number of nitrogens with one attached hydrogen (secondary N) is 3. The molecule has 2 fully saturated rings. The van der Waals surface area contributed by atoms with Crippen LogP contribution in [0.4, 0.5) is 4.79 Å². The molecular formula is C18H21ClN5O4+. The molecule has 2 aliphatic rings. The summed E-state index contributed by atoms with van der Waals surface area (Å²) in [5.41, 5.74) is 0.625. The molecule has 0 bridgehead atoms. The SMILES string of the molecule is O=C1NC(=O)C(C=NCC[NH+]2CCN(C(=O)c3ccc(Cl)cc3)CC2)C(=O)N1. The number of nitrogens with zero attached hydrogens (tertiary/aromatic N) is 2. The van der Waals surface area contributed by atoms with E-state index in [1.807, 2.05) is 15.5 Å². The summed E-state index contributed by atoms with van der Waals surface area (Å²) in [4.78, 5) is 54.0. The van der Waals surface area contributed by atoms with Gasteiger partial charge in [0.1, 0.15) is 0 Å². The van der Waals surface area contributed by atoms with Gasteiger partial charge in [-0.2, -0.15) is 0 Å². The predicted octanol–water partition coefficient (Wildman–Crippen LogP) is -1.27. The first-order chi connectivity index (χ1) is 13.4. The van der Waals surface area contributed by atoms with E-state index in [9.17, 15) is 19.2 Å². The average molecular weight is 407 g/mol. The molecule has 2 heterocycles. The van der Waals surface area contributed by atoms with E-state index in [1.54, 1.807) is 24.3 Å². The van der Waals surface area contributed by atoms with E-state index in [2.05, 4.69) is 4.99 Å². The molecule has 0 aliphatic carbocycles. The summed E-state index contributed by atoms with van der Waals surface area (Å²) in [7, 11) is 0. The maximum absolute atomic E-state index is 12.5. The van der Waals surface area contributed by atoms with Crippen molar-refractivity contribution >= 4 is 41.6 Å². The van der Waals surface area contributed by atoms with Crippen molar-refractivity contribution in [1.29, 1.82) is 0 Å². The number of amides is 5. The maximum Gasteiger partial charge on any atom is 0.328 e. The number of halogens is 1. The van der Waals surface area contributed by atoms with Crippen molar-refractivity contribution in [2.75, 3.05) is 39.3 Å². The van der Waals surface area contributed by atoms with Gasteiger partial charge in [0.05, 0.1) is 39.3 Å². The minimum absolute atomic E-state index is 0.00221. The number of hydrogen-bond donors (Lipinski definition) is 3. The minimum Gasteiger partial charge on any atom is -0.330 e. The van der Waals surface area contributed by atoms with Crippen LogP contribution >= 0.6 is 11.6 Å². The Labute approximate surface area is 166 Å². The van der Waals surface area contributed by atoms with Crippen LogP contribution in [0.1, 0.15) is 10.4 Å². The number of hydrogen-bond acceptors (Lipinski definition) is 5. The van der Waals surface area contributed by atoms with E-state index in [0.29, 0.717) is 30.2 Å². The highest BCUT2D eigenvalue weighted by molar-refractivity contribution is 6.30. The zero-order valence-electron chi connectivity index (χ0n) is 15.1. The van der Waals surface area contributed by atoms with E-state index < -0.39 is 23.8 Å². The molecule has 2 aliphatic heterocycles. The standard InChI is InChI=1S/C18H20ClN5O4/c19-13-3-1-12(2-4-13)17(27)24-9-7-23(8-10-24)6-5-20-11-14-15(25)21-18(28)22-16(14)26/h1-4,11,14H,5-10H2,(H2,21,22,25,26,28)/p+1. The first kappa shape index (κ1) is 20.0. The molecule has 3 N–H and O–H groups in total. The number of quaternary nitrogens is 1.